The third-order valence-corrected chi connectivity index (χ3v) is 5.77. The van der Waals surface area contributed by atoms with Crippen LogP contribution in [-0.4, -0.2) is 36.4 Å². The van der Waals surface area contributed by atoms with E-state index in [0.29, 0.717) is 12.2 Å². The van der Waals surface area contributed by atoms with Crippen molar-refractivity contribution in [3.63, 3.8) is 0 Å². The second-order valence-corrected chi connectivity index (χ2v) is 8.10. The normalized spacial score (nSPS) is 19.1. The van der Waals surface area contributed by atoms with E-state index in [2.05, 4.69) is 32.0 Å². The molecule has 4 rings (SSSR count). The molecule has 2 amide bonds. The molecule has 0 radical (unpaired) electrons. The van der Waals surface area contributed by atoms with Gasteiger partial charge < -0.3 is 14.5 Å². The van der Waals surface area contributed by atoms with Gasteiger partial charge in [0, 0.05) is 31.3 Å². The number of nitrogens with zero attached hydrogens (tertiary/aromatic N) is 2. The van der Waals surface area contributed by atoms with Gasteiger partial charge in [-0.2, -0.15) is 0 Å². The van der Waals surface area contributed by atoms with Crippen molar-refractivity contribution in [3.05, 3.63) is 59.2 Å². The standard InChI is InChI=1S/C24H28N2O3/c1-17-12-18(2)14-19(13-17)22-8-4-11-26(22)24(28)16-29-21-7-3-6-20(15-21)25-10-5-9-23(25)27/h3,6-7,12-15,22H,4-5,8-11,16H2,1-2H3. The topological polar surface area (TPSA) is 49.9 Å². The lowest BCUT2D eigenvalue weighted by Crippen LogP contribution is -2.34. The molecular formula is C24H28N2O3. The molecule has 0 bridgehead atoms. The summed E-state index contributed by atoms with van der Waals surface area (Å²) in [5.74, 6) is 0.776. The van der Waals surface area contributed by atoms with Crippen molar-refractivity contribution in [2.24, 2.45) is 0 Å². The van der Waals surface area contributed by atoms with Crippen LogP contribution in [0.3, 0.4) is 0 Å². The first-order valence-corrected chi connectivity index (χ1v) is 10.4. The highest BCUT2D eigenvalue weighted by Crippen LogP contribution is 2.33. The summed E-state index contributed by atoms with van der Waals surface area (Å²) in [5, 5.41) is 0. The number of benzene rings is 2. The third-order valence-electron chi connectivity index (χ3n) is 5.77. The van der Waals surface area contributed by atoms with Crippen LogP contribution >= 0.6 is 0 Å². The van der Waals surface area contributed by atoms with Crippen molar-refractivity contribution in [1.29, 1.82) is 0 Å². The molecule has 2 aromatic rings. The van der Waals surface area contributed by atoms with E-state index in [-0.39, 0.29) is 24.5 Å². The molecule has 0 spiro atoms. The molecule has 29 heavy (non-hydrogen) atoms. The van der Waals surface area contributed by atoms with E-state index in [1.807, 2.05) is 29.2 Å². The Morgan fingerprint density at radius 3 is 2.59 bits per heavy atom. The van der Waals surface area contributed by atoms with Gasteiger partial charge in [-0.15, -0.1) is 0 Å². The number of rotatable bonds is 5. The summed E-state index contributed by atoms with van der Waals surface area (Å²) in [7, 11) is 0. The minimum atomic E-state index is 0.00862. The highest BCUT2D eigenvalue weighted by atomic mass is 16.5. The number of amides is 2. The highest BCUT2D eigenvalue weighted by Gasteiger charge is 2.30. The lowest BCUT2D eigenvalue weighted by molar-refractivity contribution is -0.134. The molecule has 1 unspecified atom stereocenters. The first-order chi connectivity index (χ1) is 14.0. The lowest BCUT2D eigenvalue weighted by atomic mass is 9.99. The number of carbonyl (C=O) groups excluding carboxylic acids is 2. The van der Waals surface area contributed by atoms with Crippen LogP contribution in [-0.2, 0) is 9.59 Å². The van der Waals surface area contributed by atoms with Gasteiger partial charge in [0.1, 0.15) is 5.75 Å². The van der Waals surface area contributed by atoms with Gasteiger partial charge in [0.25, 0.3) is 5.91 Å². The average molecular weight is 392 g/mol. The molecular weight excluding hydrogens is 364 g/mol. The van der Waals surface area contributed by atoms with Gasteiger partial charge in [-0.25, -0.2) is 0 Å². The Kier molecular flexibility index (Phi) is 5.56. The van der Waals surface area contributed by atoms with E-state index in [1.165, 1.54) is 16.7 Å². The highest BCUT2D eigenvalue weighted by molar-refractivity contribution is 5.95. The van der Waals surface area contributed by atoms with Crippen molar-refractivity contribution in [3.8, 4) is 5.75 Å². The van der Waals surface area contributed by atoms with Crippen LogP contribution in [0.2, 0.25) is 0 Å². The number of aryl methyl sites for hydroxylation is 2. The quantitative estimate of drug-likeness (QED) is 0.767. The fourth-order valence-electron chi connectivity index (χ4n) is 4.50. The second kappa shape index (κ2) is 8.27. The maximum atomic E-state index is 12.9. The number of anilines is 1. The molecule has 0 aromatic heterocycles. The predicted octanol–water partition coefficient (Wildman–Crippen LogP) is 4.17. The Balaban J connectivity index is 1.42. The van der Waals surface area contributed by atoms with Crippen LogP contribution in [0, 0.1) is 13.8 Å². The molecule has 2 saturated heterocycles. The molecule has 0 saturated carbocycles. The summed E-state index contributed by atoms with van der Waals surface area (Å²) in [4.78, 5) is 28.6. The van der Waals surface area contributed by atoms with Crippen molar-refractivity contribution in [2.75, 3.05) is 24.6 Å². The molecule has 0 N–H and O–H groups in total. The van der Waals surface area contributed by atoms with Gasteiger partial charge in [-0.3, -0.25) is 9.59 Å². The molecule has 5 nitrogen and oxygen atoms in total. The maximum absolute atomic E-state index is 12.9. The van der Waals surface area contributed by atoms with Crippen LogP contribution in [0.1, 0.15) is 48.4 Å². The maximum Gasteiger partial charge on any atom is 0.261 e. The van der Waals surface area contributed by atoms with Gasteiger partial charge in [0.15, 0.2) is 6.61 Å². The van der Waals surface area contributed by atoms with Gasteiger partial charge in [-0.1, -0.05) is 35.4 Å². The minimum absolute atomic E-state index is 0.00862. The molecule has 5 heteroatoms. The van der Waals surface area contributed by atoms with E-state index in [9.17, 15) is 9.59 Å². The molecule has 152 valence electrons. The Morgan fingerprint density at radius 2 is 1.86 bits per heavy atom. The van der Waals surface area contributed by atoms with Crippen molar-refractivity contribution < 1.29 is 14.3 Å². The third kappa shape index (κ3) is 4.29. The molecule has 2 fully saturated rings. The summed E-state index contributed by atoms with van der Waals surface area (Å²) >= 11 is 0. The number of hydrogen-bond acceptors (Lipinski definition) is 3. The minimum Gasteiger partial charge on any atom is -0.484 e. The van der Waals surface area contributed by atoms with Crippen molar-refractivity contribution >= 4 is 17.5 Å². The van der Waals surface area contributed by atoms with E-state index >= 15 is 0 Å². The molecule has 2 aliphatic heterocycles. The Morgan fingerprint density at radius 1 is 1.07 bits per heavy atom. The first kappa shape index (κ1) is 19.5. The predicted molar refractivity (Wildman–Crippen MR) is 113 cm³/mol. The zero-order chi connectivity index (χ0) is 20.4. The Labute approximate surface area is 172 Å². The van der Waals surface area contributed by atoms with Crippen LogP contribution < -0.4 is 9.64 Å². The van der Waals surface area contributed by atoms with Gasteiger partial charge >= 0.3 is 0 Å². The van der Waals surface area contributed by atoms with Crippen LogP contribution in [0.15, 0.2) is 42.5 Å². The monoisotopic (exact) mass is 392 g/mol. The summed E-state index contributed by atoms with van der Waals surface area (Å²) in [6.07, 6.45) is 3.48. The summed E-state index contributed by atoms with van der Waals surface area (Å²) in [5.41, 5.74) is 4.50. The average Bonchev–Trinajstić information content (AvgIpc) is 3.34. The van der Waals surface area contributed by atoms with Gasteiger partial charge in [0.05, 0.1) is 6.04 Å². The Bertz CT molecular complexity index is 904. The molecule has 2 heterocycles. The van der Waals surface area contributed by atoms with Crippen LogP contribution in [0.5, 0.6) is 5.75 Å². The fourth-order valence-corrected chi connectivity index (χ4v) is 4.50. The van der Waals surface area contributed by atoms with E-state index < -0.39 is 0 Å². The number of likely N-dealkylation sites (tertiary alicyclic amines) is 1. The zero-order valence-electron chi connectivity index (χ0n) is 17.2. The summed E-state index contributed by atoms with van der Waals surface area (Å²) in [6.45, 7) is 5.71. The molecule has 2 aromatic carbocycles. The second-order valence-electron chi connectivity index (χ2n) is 8.10. The SMILES string of the molecule is Cc1cc(C)cc(C2CCCN2C(=O)COc2cccc(N3CCCC3=O)c2)c1. The van der Waals surface area contributed by atoms with Gasteiger partial charge in [0.2, 0.25) is 5.91 Å². The van der Waals surface area contributed by atoms with Gasteiger partial charge in [-0.05, 0) is 50.8 Å². The van der Waals surface area contributed by atoms with Crippen LogP contribution in [0.4, 0.5) is 5.69 Å². The Hall–Kier alpha value is -2.82. The number of ether oxygens (including phenoxy) is 1. The summed E-state index contributed by atoms with van der Waals surface area (Å²) < 4.78 is 5.82. The molecule has 0 aliphatic carbocycles. The smallest absolute Gasteiger partial charge is 0.261 e. The first-order valence-electron chi connectivity index (χ1n) is 10.4. The van der Waals surface area contributed by atoms with Crippen molar-refractivity contribution in [1.82, 2.24) is 4.90 Å². The number of hydrogen-bond donors (Lipinski definition) is 0. The van der Waals surface area contributed by atoms with Crippen LogP contribution in [0.25, 0.3) is 0 Å². The van der Waals surface area contributed by atoms with E-state index in [1.54, 1.807) is 4.90 Å². The summed E-state index contributed by atoms with van der Waals surface area (Å²) in [6, 6.07) is 14.1. The molecule has 1 atom stereocenters. The van der Waals surface area contributed by atoms with Crippen molar-refractivity contribution in [2.45, 2.75) is 45.6 Å². The fraction of sp³-hybridized carbons (Fsp3) is 0.417. The lowest BCUT2D eigenvalue weighted by Gasteiger charge is -2.26. The number of carbonyl (C=O) groups is 2. The zero-order valence-corrected chi connectivity index (χ0v) is 17.2. The molecule has 2 aliphatic rings. The largest absolute Gasteiger partial charge is 0.484 e. The van der Waals surface area contributed by atoms with E-state index in [4.69, 9.17) is 4.74 Å². The van der Waals surface area contributed by atoms with E-state index in [0.717, 1.165) is 38.0 Å².